The summed E-state index contributed by atoms with van der Waals surface area (Å²) >= 11 is 0. The van der Waals surface area contributed by atoms with Crippen LogP contribution in [0.5, 0.6) is 11.5 Å². The Balaban J connectivity index is 2.66. The molecular formula is C13H20O5S. The minimum Gasteiger partial charge on any atom is -0.493 e. The van der Waals surface area contributed by atoms with Gasteiger partial charge in [0.25, 0.3) is 0 Å². The van der Waals surface area contributed by atoms with Crippen molar-refractivity contribution in [2.24, 2.45) is 0 Å². The van der Waals surface area contributed by atoms with Gasteiger partial charge in [-0.1, -0.05) is 6.07 Å². The molecule has 0 amide bonds. The van der Waals surface area contributed by atoms with Crippen LogP contribution in [0.15, 0.2) is 18.2 Å². The Labute approximate surface area is 114 Å². The molecule has 1 aromatic rings. The molecule has 0 bridgehead atoms. The second kappa shape index (κ2) is 6.77. The number of hydrogen-bond acceptors (Lipinski definition) is 5. The largest absolute Gasteiger partial charge is 0.493 e. The van der Waals surface area contributed by atoms with Gasteiger partial charge in [-0.2, -0.15) is 0 Å². The first-order valence-corrected chi connectivity index (χ1v) is 7.98. The van der Waals surface area contributed by atoms with Gasteiger partial charge in [-0.05, 0) is 30.5 Å². The molecule has 0 spiro atoms. The van der Waals surface area contributed by atoms with Crippen molar-refractivity contribution in [2.45, 2.75) is 18.9 Å². The van der Waals surface area contributed by atoms with E-state index in [1.807, 2.05) is 6.07 Å². The molecule has 0 fully saturated rings. The Bertz CT molecular complexity index is 510. The molecule has 0 saturated heterocycles. The zero-order chi connectivity index (χ0) is 14.5. The van der Waals surface area contributed by atoms with Crippen LogP contribution in [0, 0.1) is 0 Å². The van der Waals surface area contributed by atoms with E-state index in [4.69, 9.17) is 9.47 Å². The molecule has 0 aromatic heterocycles. The summed E-state index contributed by atoms with van der Waals surface area (Å²) in [5.41, 5.74) is 0.874. The van der Waals surface area contributed by atoms with Crippen LogP contribution < -0.4 is 9.47 Å². The minimum absolute atomic E-state index is 0.0124. The average Bonchev–Trinajstić information content (AvgIpc) is 2.35. The summed E-state index contributed by atoms with van der Waals surface area (Å²) in [6.07, 6.45) is 1.09. The molecular weight excluding hydrogens is 268 g/mol. The minimum atomic E-state index is -3.04. The van der Waals surface area contributed by atoms with E-state index in [9.17, 15) is 13.5 Å². The van der Waals surface area contributed by atoms with Crippen LogP contribution in [0.2, 0.25) is 0 Å². The highest BCUT2D eigenvalue weighted by atomic mass is 32.2. The van der Waals surface area contributed by atoms with Gasteiger partial charge in [0.1, 0.15) is 9.84 Å². The molecule has 0 aliphatic carbocycles. The molecule has 5 nitrogen and oxygen atoms in total. The van der Waals surface area contributed by atoms with E-state index in [0.717, 1.165) is 11.8 Å². The number of methoxy groups -OCH3 is 2. The maximum Gasteiger partial charge on any atom is 0.160 e. The molecule has 0 radical (unpaired) electrons. The van der Waals surface area contributed by atoms with Gasteiger partial charge in [-0.3, -0.25) is 0 Å². The summed E-state index contributed by atoms with van der Waals surface area (Å²) < 4.78 is 32.3. The topological polar surface area (TPSA) is 72.8 Å². The number of aliphatic hydroxyl groups excluding tert-OH is 1. The van der Waals surface area contributed by atoms with E-state index in [1.54, 1.807) is 26.4 Å². The molecule has 6 heteroatoms. The number of hydrogen-bond donors (Lipinski definition) is 1. The lowest BCUT2D eigenvalue weighted by molar-refractivity contribution is 0.171. The maximum atomic E-state index is 11.0. The van der Waals surface area contributed by atoms with Crippen molar-refractivity contribution >= 4 is 9.84 Å². The zero-order valence-corrected chi connectivity index (χ0v) is 12.2. The molecule has 1 rings (SSSR count). The van der Waals surface area contributed by atoms with Crippen molar-refractivity contribution in [3.8, 4) is 11.5 Å². The van der Waals surface area contributed by atoms with Crippen molar-refractivity contribution in [2.75, 3.05) is 26.2 Å². The van der Waals surface area contributed by atoms with Crippen molar-refractivity contribution in [3.05, 3.63) is 23.8 Å². The Kier molecular flexibility index (Phi) is 5.62. The lowest BCUT2D eigenvalue weighted by atomic mass is 10.1. The van der Waals surface area contributed by atoms with Crippen molar-refractivity contribution in [1.29, 1.82) is 0 Å². The first kappa shape index (κ1) is 15.8. The van der Waals surface area contributed by atoms with Crippen LogP contribution in [0.4, 0.5) is 0 Å². The van der Waals surface area contributed by atoms with Gasteiger partial charge in [0.2, 0.25) is 0 Å². The van der Waals surface area contributed by atoms with Gasteiger partial charge in [0, 0.05) is 6.26 Å². The van der Waals surface area contributed by atoms with Crippen LogP contribution in [-0.2, 0) is 16.3 Å². The molecule has 1 atom stereocenters. The van der Waals surface area contributed by atoms with Gasteiger partial charge in [-0.25, -0.2) is 8.42 Å². The van der Waals surface area contributed by atoms with Crippen LogP contribution in [0.1, 0.15) is 12.0 Å². The van der Waals surface area contributed by atoms with Crippen molar-refractivity contribution in [3.63, 3.8) is 0 Å². The quantitative estimate of drug-likeness (QED) is 0.811. The van der Waals surface area contributed by atoms with E-state index in [2.05, 4.69) is 0 Å². The first-order valence-electron chi connectivity index (χ1n) is 5.92. The zero-order valence-electron chi connectivity index (χ0n) is 11.4. The number of sulfone groups is 1. The predicted molar refractivity (Wildman–Crippen MR) is 73.6 cm³/mol. The molecule has 0 aliphatic heterocycles. The van der Waals surface area contributed by atoms with Crippen LogP contribution >= 0.6 is 0 Å². The van der Waals surface area contributed by atoms with E-state index in [0.29, 0.717) is 17.9 Å². The molecule has 19 heavy (non-hydrogen) atoms. The van der Waals surface area contributed by atoms with E-state index < -0.39 is 15.9 Å². The third-order valence-electron chi connectivity index (χ3n) is 2.74. The summed E-state index contributed by atoms with van der Waals surface area (Å²) in [5.74, 6) is 1.20. The van der Waals surface area contributed by atoms with Gasteiger partial charge in [0.15, 0.2) is 11.5 Å². The van der Waals surface area contributed by atoms with Gasteiger partial charge >= 0.3 is 0 Å². The fourth-order valence-corrected chi connectivity index (χ4v) is 2.43. The first-order chi connectivity index (χ1) is 8.85. The molecule has 108 valence electrons. The summed E-state index contributed by atoms with van der Waals surface area (Å²) in [4.78, 5) is 0. The van der Waals surface area contributed by atoms with Crippen molar-refractivity contribution < 1.29 is 23.0 Å². The lowest BCUT2D eigenvalue weighted by Crippen LogP contribution is -2.16. The van der Waals surface area contributed by atoms with Gasteiger partial charge in [-0.15, -0.1) is 0 Å². The Morgan fingerprint density at radius 2 is 1.84 bits per heavy atom. The Morgan fingerprint density at radius 1 is 1.21 bits per heavy atom. The third-order valence-corrected chi connectivity index (χ3v) is 3.72. The molecule has 0 heterocycles. The van der Waals surface area contributed by atoms with Crippen LogP contribution in [0.25, 0.3) is 0 Å². The summed E-state index contributed by atoms with van der Waals surface area (Å²) in [6.45, 7) is 0. The highest BCUT2D eigenvalue weighted by Crippen LogP contribution is 2.28. The SMILES string of the molecule is COc1ccc(CC(O)CCS(C)(=O)=O)cc1OC. The normalized spacial score (nSPS) is 13.1. The second-order valence-electron chi connectivity index (χ2n) is 4.47. The van der Waals surface area contributed by atoms with Gasteiger partial charge < -0.3 is 14.6 Å². The number of aliphatic hydroxyl groups is 1. The average molecular weight is 288 g/mol. The lowest BCUT2D eigenvalue weighted by Gasteiger charge is -2.12. The molecule has 0 aliphatic rings. The Morgan fingerprint density at radius 3 is 2.37 bits per heavy atom. The number of rotatable bonds is 7. The third kappa shape index (κ3) is 5.48. The molecule has 1 aromatic carbocycles. The monoisotopic (exact) mass is 288 g/mol. The van der Waals surface area contributed by atoms with Crippen LogP contribution in [0.3, 0.4) is 0 Å². The number of ether oxygens (including phenoxy) is 2. The van der Waals surface area contributed by atoms with E-state index in [1.165, 1.54) is 0 Å². The fourth-order valence-electron chi connectivity index (χ4n) is 1.73. The fraction of sp³-hybridized carbons (Fsp3) is 0.538. The summed E-state index contributed by atoms with van der Waals surface area (Å²) in [7, 11) is 0.0578. The Hall–Kier alpha value is -1.27. The summed E-state index contributed by atoms with van der Waals surface area (Å²) in [6, 6.07) is 5.37. The highest BCUT2D eigenvalue weighted by Gasteiger charge is 2.12. The number of benzene rings is 1. The molecule has 1 N–H and O–H groups in total. The smallest absolute Gasteiger partial charge is 0.160 e. The summed E-state index contributed by atoms with van der Waals surface area (Å²) in [5, 5.41) is 9.82. The second-order valence-corrected chi connectivity index (χ2v) is 6.73. The highest BCUT2D eigenvalue weighted by molar-refractivity contribution is 7.90. The molecule has 1 unspecified atom stereocenters. The molecule has 0 saturated carbocycles. The van der Waals surface area contributed by atoms with Crippen molar-refractivity contribution in [1.82, 2.24) is 0 Å². The van der Waals surface area contributed by atoms with Crippen LogP contribution in [-0.4, -0.2) is 45.9 Å². The van der Waals surface area contributed by atoms with E-state index in [-0.39, 0.29) is 12.2 Å². The van der Waals surface area contributed by atoms with Gasteiger partial charge in [0.05, 0.1) is 26.1 Å². The van der Waals surface area contributed by atoms with E-state index >= 15 is 0 Å². The standard InChI is InChI=1S/C13H20O5S/c1-17-12-5-4-10(9-13(12)18-2)8-11(14)6-7-19(3,15)16/h4-5,9,11,14H,6-8H2,1-3H3. The predicted octanol–water partition coefficient (Wildman–Crippen LogP) is 1.04. The maximum absolute atomic E-state index is 11.0.